The van der Waals surface area contributed by atoms with Gasteiger partial charge in [0.2, 0.25) is 5.91 Å². The molecule has 0 aliphatic heterocycles. The summed E-state index contributed by atoms with van der Waals surface area (Å²) < 4.78 is 0. The van der Waals surface area contributed by atoms with Crippen LogP contribution in [-0.4, -0.2) is 23.0 Å². The molecule has 1 aliphatic rings. The maximum Gasteiger partial charge on any atom is 0.248 e. The van der Waals surface area contributed by atoms with Crippen molar-refractivity contribution in [3.05, 3.63) is 35.4 Å². The number of hydrogen-bond acceptors (Lipinski definition) is 3. The van der Waals surface area contributed by atoms with Crippen LogP contribution in [0.5, 0.6) is 0 Å². The zero-order valence-electron chi connectivity index (χ0n) is 12.1. The Labute approximate surface area is 125 Å². The van der Waals surface area contributed by atoms with Crippen LogP contribution in [-0.2, 0) is 6.54 Å². The predicted molar refractivity (Wildman–Crippen MR) is 86.0 cm³/mol. The average Bonchev–Trinajstić information content (AvgIpc) is 2.47. The SMILES string of the molecule is CCS[C@H]1CCCC[C@H]1NCc1ccc(C(N)=O)cc1. The van der Waals surface area contributed by atoms with E-state index in [2.05, 4.69) is 24.0 Å². The number of hydrogen-bond donors (Lipinski definition) is 2. The fraction of sp³-hybridized carbons (Fsp3) is 0.562. The molecular weight excluding hydrogens is 268 g/mol. The number of rotatable bonds is 6. The summed E-state index contributed by atoms with van der Waals surface area (Å²) in [5.74, 6) is 0.826. The summed E-state index contributed by atoms with van der Waals surface area (Å²) in [7, 11) is 0. The van der Waals surface area contributed by atoms with Gasteiger partial charge in [-0.3, -0.25) is 4.79 Å². The Balaban J connectivity index is 1.88. The fourth-order valence-corrected chi connectivity index (χ4v) is 4.01. The molecule has 1 saturated carbocycles. The van der Waals surface area contributed by atoms with Crippen molar-refractivity contribution in [2.24, 2.45) is 5.73 Å². The van der Waals surface area contributed by atoms with Crippen molar-refractivity contribution >= 4 is 17.7 Å². The highest BCUT2D eigenvalue weighted by Gasteiger charge is 2.24. The third-order valence-electron chi connectivity index (χ3n) is 3.89. The normalized spacial score (nSPS) is 22.6. The van der Waals surface area contributed by atoms with Crippen molar-refractivity contribution in [1.82, 2.24) is 5.32 Å². The van der Waals surface area contributed by atoms with Gasteiger partial charge in [0.05, 0.1) is 0 Å². The molecule has 1 aromatic carbocycles. The van der Waals surface area contributed by atoms with Crippen molar-refractivity contribution in [1.29, 1.82) is 0 Å². The van der Waals surface area contributed by atoms with Gasteiger partial charge in [-0.05, 0) is 36.3 Å². The van der Waals surface area contributed by atoms with E-state index in [4.69, 9.17) is 5.73 Å². The van der Waals surface area contributed by atoms with E-state index in [1.807, 2.05) is 12.1 Å². The Hall–Kier alpha value is -1.00. The van der Waals surface area contributed by atoms with Crippen molar-refractivity contribution in [2.75, 3.05) is 5.75 Å². The molecular formula is C16H24N2OS. The number of carbonyl (C=O) groups excluding carboxylic acids is 1. The van der Waals surface area contributed by atoms with Gasteiger partial charge in [-0.1, -0.05) is 31.9 Å². The van der Waals surface area contributed by atoms with E-state index in [0.29, 0.717) is 11.6 Å². The molecule has 1 aliphatic carbocycles. The van der Waals surface area contributed by atoms with Gasteiger partial charge < -0.3 is 11.1 Å². The second kappa shape index (κ2) is 7.70. The summed E-state index contributed by atoms with van der Waals surface area (Å²) in [6.45, 7) is 3.10. The van der Waals surface area contributed by atoms with Crippen LogP contribution in [0.3, 0.4) is 0 Å². The Kier molecular flexibility index (Phi) is 5.92. The molecule has 2 atom stereocenters. The minimum Gasteiger partial charge on any atom is -0.366 e. The molecule has 0 aromatic heterocycles. The third kappa shape index (κ3) is 4.25. The van der Waals surface area contributed by atoms with Crippen molar-refractivity contribution in [3.8, 4) is 0 Å². The van der Waals surface area contributed by atoms with E-state index in [1.165, 1.54) is 37.0 Å². The summed E-state index contributed by atoms with van der Waals surface area (Å²) in [5.41, 5.74) is 7.03. The Morgan fingerprint density at radius 3 is 2.65 bits per heavy atom. The average molecular weight is 292 g/mol. The molecule has 0 radical (unpaired) electrons. The number of nitrogens with two attached hydrogens (primary N) is 1. The van der Waals surface area contributed by atoms with Gasteiger partial charge in [-0.25, -0.2) is 0 Å². The monoisotopic (exact) mass is 292 g/mol. The molecule has 3 N–H and O–H groups in total. The summed E-state index contributed by atoms with van der Waals surface area (Å²) in [4.78, 5) is 11.0. The molecule has 4 heteroatoms. The van der Waals surface area contributed by atoms with Gasteiger partial charge in [0.15, 0.2) is 0 Å². The molecule has 110 valence electrons. The summed E-state index contributed by atoms with van der Waals surface area (Å²) in [5, 5.41) is 4.43. The van der Waals surface area contributed by atoms with Crippen LogP contribution in [0.25, 0.3) is 0 Å². The molecule has 0 spiro atoms. The molecule has 2 rings (SSSR count). The van der Waals surface area contributed by atoms with E-state index in [9.17, 15) is 4.79 Å². The van der Waals surface area contributed by atoms with Crippen LogP contribution in [0.1, 0.15) is 48.5 Å². The minimum atomic E-state index is -0.365. The van der Waals surface area contributed by atoms with E-state index in [-0.39, 0.29) is 5.91 Å². The number of carbonyl (C=O) groups is 1. The van der Waals surface area contributed by atoms with Gasteiger partial charge in [0.25, 0.3) is 0 Å². The van der Waals surface area contributed by atoms with Gasteiger partial charge in [0, 0.05) is 23.4 Å². The summed E-state index contributed by atoms with van der Waals surface area (Å²) >= 11 is 2.08. The first-order chi connectivity index (χ1) is 9.70. The van der Waals surface area contributed by atoms with E-state index in [1.54, 1.807) is 12.1 Å². The standard InChI is InChI=1S/C16H24N2OS/c1-2-20-15-6-4-3-5-14(15)18-11-12-7-9-13(10-8-12)16(17)19/h7-10,14-15,18H,2-6,11H2,1H3,(H2,17,19)/t14-,15+/m1/s1. The van der Waals surface area contributed by atoms with Crippen molar-refractivity contribution < 1.29 is 4.79 Å². The lowest BCUT2D eigenvalue weighted by Crippen LogP contribution is -2.40. The third-order valence-corrected chi connectivity index (χ3v) is 5.22. The Bertz CT molecular complexity index is 431. The lowest BCUT2D eigenvalue weighted by Gasteiger charge is -2.31. The molecule has 1 aromatic rings. The first-order valence-corrected chi connectivity index (χ1v) is 8.49. The molecule has 0 bridgehead atoms. The topological polar surface area (TPSA) is 55.1 Å². The smallest absolute Gasteiger partial charge is 0.248 e. The van der Waals surface area contributed by atoms with Gasteiger partial charge in [-0.2, -0.15) is 11.8 Å². The predicted octanol–water partition coefficient (Wildman–Crippen LogP) is 2.94. The number of amides is 1. The minimum absolute atomic E-state index is 0.365. The second-order valence-electron chi connectivity index (χ2n) is 5.33. The maximum absolute atomic E-state index is 11.0. The largest absolute Gasteiger partial charge is 0.366 e. The van der Waals surface area contributed by atoms with E-state index in [0.717, 1.165) is 11.8 Å². The van der Waals surface area contributed by atoms with Gasteiger partial charge >= 0.3 is 0 Å². The highest BCUT2D eigenvalue weighted by molar-refractivity contribution is 7.99. The van der Waals surface area contributed by atoms with E-state index >= 15 is 0 Å². The quantitative estimate of drug-likeness (QED) is 0.847. The van der Waals surface area contributed by atoms with Crippen LogP contribution < -0.4 is 11.1 Å². The highest BCUT2D eigenvalue weighted by Crippen LogP contribution is 2.28. The Morgan fingerprint density at radius 2 is 2.00 bits per heavy atom. The lowest BCUT2D eigenvalue weighted by atomic mass is 9.94. The molecule has 0 saturated heterocycles. The van der Waals surface area contributed by atoms with Gasteiger partial charge in [-0.15, -0.1) is 0 Å². The number of nitrogens with one attached hydrogen (secondary N) is 1. The second-order valence-corrected chi connectivity index (χ2v) is 6.84. The summed E-state index contributed by atoms with van der Waals surface area (Å²) in [6, 6.07) is 8.19. The molecule has 0 unspecified atom stereocenters. The first-order valence-electron chi connectivity index (χ1n) is 7.44. The molecule has 0 heterocycles. The molecule has 20 heavy (non-hydrogen) atoms. The van der Waals surface area contributed by atoms with Crippen LogP contribution in [0.4, 0.5) is 0 Å². The molecule has 1 fully saturated rings. The number of thioether (sulfide) groups is 1. The van der Waals surface area contributed by atoms with E-state index < -0.39 is 0 Å². The fourth-order valence-electron chi connectivity index (χ4n) is 2.78. The van der Waals surface area contributed by atoms with Crippen molar-refractivity contribution in [2.45, 2.75) is 50.4 Å². The zero-order chi connectivity index (χ0) is 14.4. The molecule has 1 amide bonds. The maximum atomic E-state index is 11.0. The summed E-state index contributed by atoms with van der Waals surface area (Å²) in [6.07, 6.45) is 5.30. The van der Waals surface area contributed by atoms with Crippen LogP contribution in [0.2, 0.25) is 0 Å². The first kappa shape index (κ1) is 15.4. The van der Waals surface area contributed by atoms with Crippen LogP contribution in [0.15, 0.2) is 24.3 Å². The lowest BCUT2D eigenvalue weighted by molar-refractivity contribution is 0.100. The van der Waals surface area contributed by atoms with Gasteiger partial charge in [0.1, 0.15) is 0 Å². The zero-order valence-corrected chi connectivity index (χ0v) is 12.9. The highest BCUT2D eigenvalue weighted by atomic mass is 32.2. The Morgan fingerprint density at radius 1 is 1.30 bits per heavy atom. The van der Waals surface area contributed by atoms with Crippen molar-refractivity contribution in [3.63, 3.8) is 0 Å². The number of benzene rings is 1. The number of primary amides is 1. The van der Waals surface area contributed by atoms with Crippen LogP contribution in [0, 0.1) is 0 Å². The van der Waals surface area contributed by atoms with Crippen LogP contribution >= 0.6 is 11.8 Å². The molecule has 3 nitrogen and oxygen atoms in total.